The van der Waals surface area contributed by atoms with Crippen LogP contribution in [0.15, 0.2) is 18.7 Å². The van der Waals surface area contributed by atoms with Gasteiger partial charge in [-0.3, -0.25) is 0 Å². The highest BCUT2D eigenvalue weighted by atomic mass is 35.5. The molecule has 0 unspecified atom stereocenters. The van der Waals surface area contributed by atoms with Crippen molar-refractivity contribution >= 4 is 34.8 Å². The van der Waals surface area contributed by atoms with Crippen LogP contribution in [-0.4, -0.2) is 0 Å². The summed E-state index contributed by atoms with van der Waals surface area (Å²) in [5, 5.41) is 1.21. The largest absolute Gasteiger partial charge is 0.0906 e. The van der Waals surface area contributed by atoms with Gasteiger partial charge in [0.25, 0.3) is 0 Å². The van der Waals surface area contributed by atoms with Crippen molar-refractivity contribution in [2.45, 2.75) is 0 Å². The van der Waals surface area contributed by atoms with Crippen LogP contribution in [0.1, 0.15) is 5.56 Å². The summed E-state index contributed by atoms with van der Waals surface area (Å²) in [6.07, 6.45) is 2.66. The lowest BCUT2D eigenvalue weighted by Gasteiger charge is -1.99. The van der Waals surface area contributed by atoms with Gasteiger partial charge in [-0.25, -0.2) is 0 Å². The number of benzene rings is 1. The molecule has 0 heterocycles. The van der Waals surface area contributed by atoms with E-state index in [2.05, 4.69) is 12.7 Å². The predicted molar refractivity (Wildman–Crippen MR) is 49.4 cm³/mol. The van der Waals surface area contributed by atoms with Crippen LogP contribution < -0.4 is 0 Å². The minimum atomic E-state index is 0.368. The highest BCUT2D eigenvalue weighted by Crippen LogP contribution is 2.30. The third kappa shape index (κ3) is 1.90. The normalized spacial score (nSPS) is 9.73. The Morgan fingerprint density at radius 3 is 1.91 bits per heavy atom. The fraction of sp³-hybridized carbons (Fsp3) is 0. The van der Waals surface area contributed by atoms with Gasteiger partial charge in [0.05, 0.1) is 15.1 Å². The van der Waals surface area contributed by atoms with Crippen LogP contribution in [-0.2, 0) is 0 Å². The molecule has 0 fully saturated rings. The summed E-state index contributed by atoms with van der Waals surface area (Å²) in [7, 11) is 0. The molecule has 0 saturated carbocycles. The van der Waals surface area contributed by atoms with Crippen molar-refractivity contribution in [3.8, 4) is 0 Å². The summed E-state index contributed by atoms with van der Waals surface area (Å²) in [5.41, 5.74) is 0.740. The molecular weight excluding hydrogens is 202 g/mol. The van der Waals surface area contributed by atoms with Gasteiger partial charge < -0.3 is 0 Å². The van der Waals surface area contributed by atoms with Crippen molar-refractivity contribution in [2.24, 2.45) is 0 Å². The summed E-state index contributed by atoms with van der Waals surface area (Å²) in [4.78, 5) is 0. The van der Waals surface area contributed by atoms with Crippen molar-refractivity contribution in [3.05, 3.63) is 45.4 Å². The number of hydrogen-bond donors (Lipinski definition) is 0. The molecule has 3 heteroatoms. The van der Waals surface area contributed by atoms with Crippen molar-refractivity contribution < 1.29 is 0 Å². The summed E-state index contributed by atoms with van der Waals surface area (Å²) >= 11 is 17.1. The van der Waals surface area contributed by atoms with E-state index in [1.165, 1.54) is 0 Å². The lowest BCUT2D eigenvalue weighted by Crippen LogP contribution is -1.76. The van der Waals surface area contributed by atoms with E-state index in [0.717, 1.165) is 5.56 Å². The maximum atomic E-state index is 5.71. The van der Waals surface area contributed by atoms with Crippen molar-refractivity contribution in [3.63, 3.8) is 0 Å². The fourth-order valence-electron chi connectivity index (χ4n) is 0.658. The predicted octanol–water partition coefficient (Wildman–Crippen LogP) is 3.98. The Balaban J connectivity index is 3.31. The van der Waals surface area contributed by atoms with Crippen LogP contribution in [0.2, 0.25) is 15.1 Å². The molecule has 0 aromatic heterocycles. The zero-order chi connectivity index (χ0) is 8.43. The maximum Gasteiger partial charge on any atom is 0.0778 e. The second-order valence-electron chi connectivity index (χ2n) is 1.93. The fourth-order valence-corrected chi connectivity index (χ4v) is 1.25. The molecule has 11 heavy (non-hydrogen) atoms. The Hall–Kier alpha value is -0.170. The monoisotopic (exact) mass is 205 g/mol. The molecule has 0 nitrogen and oxygen atoms in total. The molecule has 1 rings (SSSR count). The Kier molecular flexibility index (Phi) is 2.83. The maximum absolute atomic E-state index is 5.71. The first-order chi connectivity index (χ1) is 5.15. The second-order valence-corrected chi connectivity index (χ2v) is 3.12. The van der Waals surface area contributed by atoms with Crippen LogP contribution in [0.3, 0.4) is 0 Å². The van der Waals surface area contributed by atoms with Gasteiger partial charge in [0, 0.05) is 0 Å². The quantitative estimate of drug-likeness (QED) is 0.610. The van der Waals surface area contributed by atoms with Gasteiger partial charge in [0.1, 0.15) is 0 Å². The van der Waals surface area contributed by atoms with Gasteiger partial charge in [-0.1, -0.05) is 41.4 Å². The van der Waals surface area contributed by atoms with E-state index in [9.17, 15) is 0 Å². The topological polar surface area (TPSA) is 0 Å². The van der Waals surface area contributed by atoms with Crippen molar-refractivity contribution in [1.29, 1.82) is 0 Å². The average molecular weight is 206 g/mol. The molecular formula is C8H4Cl3. The third-order valence-electron chi connectivity index (χ3n) is 1.19. The molecule has 0 N–H and O–H groups in total. The van der Waals surface area contributed by atoms with Crippen LogP contribution in [0.5, 0.6) is 0 Å². The molecule has 1 radical (unpaired) electrons. The van der Waals surface area contributed by atoms with E-state index in [0.29, 0.717) is 15.1 Å². The van der Waals surface area contributed by atoms with Gasteiger partial charge in [0.2, 0.25) is 0 Å². The van der Waals surface area contributed by atoms with Crippen LogP contribution in [0.4, 0.5) is 0 Å². The van der Waals surface area contributed by atoms with Crippen molar-refractivity contribution in [1.82, 2.24) is 0 Å². The summed E-state index contributed by atoms with van der Waals surface area (Å²) in [5.74, 6) is 0. The molecule has 0 aliphatic rings. The lowest BCUT2D eigenvalue weighted by molar-refractivity contribution is 1.58. The zero-order valence-corrected chi connectivity index (χ0v) is 7.76. The Bertz CT molecular complexity index is 268. The molecule has 0 atom stereocenters. The van der Waals surface area contributed by atoms with Gasteiger partial charge in [-0.15, -0.1) is 0 Å². The van der Waals surface area contributed by atoms with Crippen LogP contribution in [0, 0.1) is 6.08 Å². The van der Waals surface area contributed by atoms with E-state index in [1.54, 1.807) is 12.1 Å². The Labute approximate surface area is 80.4 Å². The third-order valence-corrected chi connectivity index (χ3v) is 2.38. The SMILES string of the molecule is C=[C]c1cc(Cl)c(Cl)c(Cl)c1. The van der Waals surface area contributed by atoms with Crippen LogP contribution in [0.25, 0.3) is 0 Å². The van der Waals surface area contributed by atoms with E-state index >= 15 is 0 Å². The molecule has 0 amide bonds. The molecule has 0 bridgehead atoms. The summed E-state index contributed by atoms with van der Waals surface area (Å²) in [6.45, 7) is 3.46. The van der Waals surface area contributed by atoms with E-state index in [4.69, 9.17) is 34.8 Å². The molecule has 1 aromatic carbocycles. The van der Waals surface area contributed by atoms with Gasteiger partial charge in [-0.2, -0.15) is 0 Å². The molecule has 57 valence electrons. The first-order valence-corrected chi connectivity index (χ1v) is 3.96. The zero-order valence-electron chi connectivity index (χ0n) is 5.50. The van der Waals surface area contributed by atoms with E-state index in [-0.39, 0.29) is 0 Å². The van der Waals surface area contributed by atoms with Crippen LogP contribution >= 0.6 is 34.8 Å². The van der Waals surface area contributed by atoms with Crippen molar-refractivity contribution in [2.75, 3.05) is 0 Å². The Morgan fingerprint density at radius 1 is 1.09 bits per heavy atom. The van der Waals surface area contributed by atoms with E-state index < -0.39 is 0 Å². The Morgan fingerprint density at radius 2 is 1.55 bits per heavy atom. The highest BCUT2D eigenvalue weighted by molar-refractivity contribution is 6.48. The lowest BCUT2D eigenvalue weighted by atomic mass is 10.2. The number of rotatable bonds is 1. The molecule has 0 spiro atoms. The van der Waals surface area contributed by atoms with Gasteiger partial charge in [0.15, 0.2) is 0 Å². The minimum absolute atomic E-state index is 0.368. The summed E-state index contributed by atoms with van der Waals surface area (Å²) < 4.78 is 0. The van der Waals surface area contributed by atoms with Gasteiger partial charge >= 0.3 is 0 Å². The molecule has 0 saturated heterocycles. The minimum Gasteiger partial charge on any atom is -0.0906 e. The highest BCUT2D eigenvalue weighted by Gasteiger charge is 2.03. The second kappa shape index (κ2) is 3.48. The first-order valence-electron chi connectivity index (χ1n) is 2.83. The molecule has 0 aliphatic heterocycles. The molecule has 1 aromatic rings. The number of halogens is 3. The average Bonchev–Trinajstić information content (AvgIpc) is 1.99. The standard InChI is InChI=1S/C8H4Cl3/c1-2-5-3-6(9)8(11)7(10)4-5/h3-4H,1H2. The smallest absolute Gasteiger partial charge is 0.0778 e. The number of hydrogen-bond acceptors (Lipinski definition) is 0. The summed E-state index contributed by atoms with van der Waals surface area (Å²) in [6, 6.07) is 3.31. The van der Waals surface area contributed by atoms with E-state index in [1.807, 2.05) is 0 Å². The molecule has 0 aliphatic carbocycles. The van der Waals surface area contributed by atoms with Gasteiger partial charge in [-0.05, 0) is 23.8 Å². The first kappa shape index (κ1) is 8.92.